The smallest absolute Gasteiger partial charge is 0.338 e. The summed E-state index contributed by atoms with van der Waals surface area (Å²) in [6.45, 7) is 11.1. The van der Waals surface area contributed by atoms with Crippen molar-refractivity contribution >= 4 is 31.5 Å². The summed E-state index contributed by atoms with van der Waals surface area (Å²) in [5, 5.41) is 0. The van der Waals surface area contributed by atoms with Crippen LogP contribution in [0.2, 0.25) is 18.6 Å². The number of methoxy groups -OCH3 is 1. The van der Waals surface area contributed by atoms with Gasteiger partial charge in [-0.05, 0) is 104 Å². The van der Waals surface area contributed by atoms with E-state index in [-0.39, 0.29) is 5.97 Å². The van der Waals surface area contributed by atoms with E-state index in [2.05, 4.69) is 79.1 Å². The molecule has 0 amide bonds. The fraction of sp³-hybridized carbons (Fsp3) is 0.485. The molecule has 0 N–H and O–H groups in total. The zero-order valence-corrected chi connectivity index (χ0v) is 26.4. The number of pyridine rings is 2. The maximum Gasteiger partial charge on any atom is 0.338 e. The summed E-state index contributed by atoms with van der Waals surface area (Å²) in [6, 6.07) is 12.9. The molecule has 1 aromatic carbocycles. The van der Waals surface area contributed by atoms with Crippen LogP contribution in [0.4, 0.5) is 17.2 Å². The van der Waals surface area contributed by atoms with Crippen LogP contribution in [0, 0.1) is 0 Å². The van der Waals surface area contributed by atoms with Crippen LogP contribution in [0.15, 0.2) is 55.0 Å². The van der Waals surface area contributed by atoms with E-state index in [1.807, 2.05) is 6.20 Å². The van der Waals surface area contributed by atoms with Gasteiger partial charge >= 0.3 is 5.97 Å². The number of fused-ring (bicyclic) bond motifs is 1. The summed E-state index contributed by atoms with van der Waals surface area (Å²) < 4.78 is 11.4. The molecule has 7 nitrogen and oxygen atoms in total. The zero-order valence-electron chi connectivity index (χ0n) is 25.4. The van der Waals surface area contributed by atoms with Crippen molar-refractivity contribution in [1.82, 2.24) is 9.97 Å². The Bertz CT molecular complexity index is 1350. The Balaban J connectivity index is 1.21. The Morgan fingerprint density at radius 1 is 1.15 bits per heavy atom. The zero-order chi connectivity index (χ0) is 29.1. The average Bonchev–Trinajstić information content (AvgIpc) is 2.96. The van der Waals surface area contributed by atoms with Gasteiger partial charge in [0, 0.05) is 38.2 Å². The summed E-state index contributed by atoms with van der Waals surface area (Å²) >= 11 is 0. The standard InChI is InChI=1S/C33H44N4O3Si/c1-23(2)41(5,6)40-29-21-37(22-29)28-13-15-32(35-20-28)36(3)27-12-14-30-24(8-7-9-25(30)18-27)10-11-26-19-34-17-16-31(26)33(38)39-4/h12-20,23-24,29H,7-11,21-22H2,1-6H3/t24-/m0/s1. The SMILES string of the molecule is COC(=O)c1ccncc1CC[C@@H]1CCCc2cc(N(C)c3ccc(N4CC(O[Si](C)(C)C(C)C)C4)cn3)ccc21. The Morgan fingerprint density at radius 2 is 1.95 bits per heavy atom. The number of rotatable bonds is 10. The van der Waals surface area contributed by atoms with E-state index in [1.165, 1.54) is 31.1 Å². The maximum atomic E-state index is 12.2. The van der Waals surface area contributed by atoms with Gasteiger partial charge in [-0.2, -0.15) is 0 Å². The third kappa shape index (κ3) is 6.49. The molecular weight excluding hydrogens is 528 g/mol. The molecule has 41 heavy (non-hydrogen) atoms. The van der Waals surface area contributed by atoms with Gasteiger partial charge in [0.2, 0.25) is 0 Å². The molecule has 1 atom stereocenters. The van der Waals surface area contributed by atoms with Crippen LogP contribution >= 0.6 is 0 Å². The van der Waals surface area contributed by atoms with E-state index in [1.54, 1.807) is 18.5 Å². The van der Waals surface area contributed by atoms with Crippen LogP contribution < -0.4 is 9.80 Å². The summed E-state index contributed by atoms with van der Waals surface area (Å²) in [5.74, 6) is 1.12. The number of hydrogen-bond acceptors (Lipinski definition) is 7. The highest BCUT2D eigenvalue weighted by atomic mass is 28.4. The van der Waals surface area contributed by atoms with Gasteiger partial charge in [-0.3, -0.25) is 4.98 Å². The number of anilines is 3. The van der Waals surface area contributed by atoms with Crippen molar-refractivity contribution in [3.05, 3.63) is 77.2 Å². The molecule has 3 heterocycles. The van der Waals surface area contributed by atoms with Crippen LogP contribution in [0.1, 0.15) is 66.1 Å². The number of aryl methyl sites for hydroxylation is 2. The fourth-order valence-electron chi connectivity index (χ4n) is 5.86. The van der Waals surface area contributed by atoms with Gasteiger partial charge in [0.05, 0.1) is 30.7 Å². The number of carbonyl (C=O) groups excluding carboxylic acids is 1. The molecule has 1 saturated heterocycles. The summed E-state index contributed by atoms with van der Waals surface area (Å²) in [7, 11) is 1.90. The second kappa shape index (κ2) is 12.3. The van der Waals surface area contributed by atoms with E-state index >= 15 is 0 Å². The molecule has 0 bridgehead atoms. The van der Waals surface area contributed by atoms with Crippen molar-refractivity contribution in [1.29, 1.82) is 0 Å². The highest BCUT2D eigenvalue weighted by Gasteiger charge is 2.36. The van der Waals surface area contributed by atoms with Gasteiger partial charge in [-0.15, -0.1) is 0 Å². The van der Waals surface area contributed by atoms with Gasteiger partial charge in [-0.1, -0.05) is 19.9 Å². The molecule has 0 radical (unpaired) electrons. The Kier molecular flexibility index (Phi) is 8.80. The van der Waals surface area contributed by atoms with Crippen LogP contribution in [0.5, 0.6) is 0 Å². The molecule has 0 unspecified atom stereocenters. The van der Waals surface area contributed by atoms with Crippen molar-refractivity contribution in [2.24, 2.45) is 0 Å². The Hall–Kier alpha value is -3.23. The van der Waals surface area contributed by atoms with E-state index in [0.29, 0.717) is 23.1 Å². The summed E-state index contributed by atoms with van der Waals surface area (Å²) in [5.41, 5.74) is 7.36. The monoisotopic (exact) mass is 572 g/mol. The predicted octanol–water partition coefficient (Wildman–Crippen LogP) is 6.90. The van der Waals surface area contributed by atoms with E-state index < -0.39 is 8.32 Å². The first-order valence-electron chi connectivity index (χ1n) is 14.9. The molecule has 3 aromatic rings. The lowest BCUT2D eigenvalue weighted by molar-refractivity contribution is 0.0599. The molecular formula is C33H44N4O3Si. The number of benzene rings is 1. The second-order valence-electron chi connectivity index (χ2n) is 12.4. The molecule has 2 aliphatic rings. The lowest BCUT2D eigenvalue weighted by Gasteiger charge is -2.44. The summed E-state index contributed by atoms with van der Waals surface area (Å²) in [6.07, 6.45) is 11.0. The quantitative estimate of drug-likeness (QED) is 0.193. The molecule has 1 fully saturated rings. The van der Waals surface area contributed by atoms with Crippen molar-refractivity contribution in [3.8, 4) is 0 Å². The third-order valence-electron chi connectivity index (χ3n) is 9.17. The molecule has 218 valence electrons. The Morgan fingerprint density at radius 3 is 2.66 bits per heavy atom. The number of carbonyl (C=O) groups is 1. The average molecular weight is 573 g/mol. The van der Waals surface area contributed by atoms with Crippen LogP contribution in [-0.4, -0.2) is 57.6 Å². The van der Waals surface area contributed by atoms with Gasteiger partial charge in [0.15, 0.2) is 8.32 Å². The maximum absolute atomic E-state index is 12.2. The van der Waals surface area contributed by atoms with Crippen molar-refractivity contribution in [3.63, 3.8) is 0 Å². The van der Waals surface area contributed by atoms with E-state index in [4.69, 9.17) is 14.1 Å². The van der Waals surface area contributed by atoms with E-state index in [9.17, 15) is 4.79 Å². The first-order chi connectivity index (χ1) is 19.7. The minimum atomic E-state index is -1.62. The van der Waals surface area contributed by atoms with Gasteiger partial charge in [0.25, 0.3) is 0 Å². The number of esters is 1. The normalized spacial score (nSPS) is 17.2. The first-order valence-corrected chi connectivity index (χ1v) is 17.9. The van der Waals surface area contributed by atoms with E-state index in [0.717, 1.165) is 55.1 Å². The predicted molar refractivity (Wildman–Crippen MR) is 168 cm³/mol. The highest BCUT2D eigenvalue weighted by Crippen LogP contribution is 2.38. The fourth-order valence-corrected chi connectivity index (χ4v) is 7.14. The summed E-state index contributed by atoms with van der Waals surface area (Å²) in [4.78, 5) is 25.8. The molecule has 2 aromatic heterocycles. The lowest BCUT2D eigenvalue weighted by Crippen LogP contribution is -2.56. The Labute approximate surface area is 246 Å². The number of aromatic nitrogens is 2. The van der Waals surface area contributed by atoms with Gasteiger partial charge in [-0.25, -0.2) is 9.78 Å². The molecule has 8 heteroatoms. The first kappa shape index (κ1) is 29.3. The van der Waals surface area contributed by atoms with Crippen molar-refractivity contribution in [2.75, 3.05) is 37.0 Å². The highest BCUT2D eigenvalue weighted by molar-refractivity contribution is 6.72. The molecule has 0 saturated carbocycles. The largest absolute Gasteiger partial charge is 0.465 e. The van der Waals surface area contributed by atoms with Crippen LogP contribution in [0.3, 0.4) is 0 Å². The minimum Gasteiger partial charge on any atom is -0.465 e. The number of hydrogen-bond donors (Lipinski definition) is 0. The van der Waals surface area contributed by atoms with Crippen LogP contribution in [0.25, 0.3) is 0 Å². The number of nitrogens with zero attached hydrogens (tertiary/aromatic N) is 4. The molecule has 0 spiro atoms. The molecule has 5 rings (SSSR count). The van der Waals surface area contributed by atoms with Gasteiger partial charge in [0.1, 0.15) is 5.82 Å². The molecule has 1 aliphatic heterocycles. The van der Waals surface area contributed by atoms with Gasteiger partial charge < -0.3 is 19.0 Å². The lowest BCUT2D eigenvalue weighted by atomic mass is 9.79. The molecule has 1 aliphatic carbocycles. The minimum absolute atomic E-state index is 0.295. The number of ether oxygens (including phenoxy) is 1. The van der Waals surface area contributed by atoms with Crippen molar-refractivity contribution < 1.29 is 14.0 Å². The van der Waals surface area contributed by atoms with Crippen LogP contribution in [-0.2, 0) is 22.0 Å². The second-order valence-corrected chi connectivity index (χ2v) is 17.0. The van der Waals surface area contributed by atoms with Crippen molar-refractivity contribution in [2.45, 2.75) is 76.6 Å². The topological polar surface area (TPSA) is 67.8 Å². The third-order valence-corrected chi connectivity index (χ3v) is 12.9.